The molecule has 0 unspecified atom stereocenters. The molecule has 3 heteroatoms. The molecule has 0 saturated carbocycles. The standard InChI is InChI=1S/C5H11NO2/c1-2-3-4(6)5(7)8/h4H,2-3,6H2,1H3,(H,7,8)/t4-/m0/s1/i2D2. The smallest absolute Gasteiger partial charge is 0.320 e. The Morgan fingerprint density at radius 1 is 2.12 bits per heavy atom. The van der Waals surface area contributed by atoms with E-state index in [9.17, 15) is 4.79 Å². The molecule has 0 saturated heterocycles. The van der Waals surface area contributed by atoms with Crippen LogP contribution in [0.2, 0.25) is 0 Å². The summed E-state index contributed by atoms with van der Waals surface area (Å²) in [6.07, 6.45) is -1.65. The maximum Gasteiger partial charge on any atom is 0.320 e. The highest BCUT2D eigenvalue weighted by atomic mass is 16.4. The van der Waals surface area contributed by atoms with Gasteiger partial charge in [0.05, 0.1) is 0 Å². The van der Waals surface area contributed by atoms with Gasteiger partial charge in [-0.15, -0.1) is 0 Å². The van der Waals surface area contributed by atoms with E-state index < -0.39 is 18.4 Å². The zero-order valence-electron chi connectivity index (χ0n) is 6.72. The number of carbonyl (C=O) groups is 1. The van der Waals surface area contributed by atoms with Gasteiger partial charge >= 0.3 is 5.97 Å². The fraction of sp³-hybridized carbons (Fsp3) is 0.800. The van der Waals surface area contributed by atoms with Gasteiger partial charge in [0.25, 0.3) is 0 Å². The van der Waals surface area contributed by atoms with Crippen LogP contribution in [0.3, 0.4) is 0 Å². The second-order valence-corrected chi connectivity index (χ2v) is 1.50. The maximum atomic E-state index is 10.1. The largest absolute Gasteiger partial charge is 0.480 e. The average Bonchev–Trinajstić information content (AvgIpc) is 1.60. The Balaban J connectivity index is 3.80. The fourth-order valence-electron chi connectivity index (χ4n) is 0.307. The van der Waals surface area contributed by atoms with E-state index in [4.69, 9.17) is 13.6 Å². The summed E-state index contributed by atoms with van der Waals surface area (Å²) in [5.74, 6) is -1.16. The lowest BCUT2D eigenvalue weighted by Crippen LogP contribution is -2.29. The maximum absolute atomic E-state index is 10.1. The molecule has 0 radical (unpaired) electrons. The molecule has 48 valence electrons. The van der Waals surface area contributed by atoms with Crippen molar-refractivity contribution in [1.82, 2.24) is 0 Å². The van der Waals surface area contributed by atoms with E-state index in [0.717, 1.165) is 0 Å². The van der Waals surface area contributed by atoms with E-state index in [0.29, 0.717) is 0 Å². The monoisotopic (exact) mass is 119 g/mol. The number of hydrogen-bond donors (Lipinski definition) is 2. The lowest BCUT2D eigenvalue weighted by atomic mass is 10.2. The highest BCUT2D eigenvalue weighted by Crippen LogP contribution is 1.91. The Morgan fingerprint density at radius 2 is 2.62 bits per heavy atom. The highest BCUT2D eigenvalue weighted by Gasteiger charge is 2.07. The molecule has 0 heterocycles. The summed E-state index contributed by atoms with van der Waals surface area (Å²) >= 11 is 0. The number of carboxylic acids is 1. The topological polar surface area (TPSA) is 63.3 Å². The van der Waals surface area contributed by atoms with E-state index in [2.05, 4.69) is 0 Å². The summed E-state index contributed by atoms with van der Waals surface area (Å²) in [5, 5.41) is 8.25. The number of aliphatic carboxylic acids is 1. The number of hydrogen-bond acceptors (Lipinski definition) is 2. The molecule has 3 nitrogen and oxygen atoms in total. The van der Waals surface area contributed by atoms with Crippen molar-refractivity contribution in [2.75, 3.05) is 0 Å². The minimum Gasteiger partial charge on any atom is -0.480 e. The van der Waals surface area contributed by atoms with Crippen LogP contribution in [0.5, 0.6) is 0 Å². The number of nitrogens with two attached hydrogens (primary N) is 1. The summed E-state index contributed by atoms with van der Waals surface area (Å²) < 4.78 is 14.0. The van der Waals surface area contributed by atoms with Gasteiger partial charge in [0.1, 0.15) is 6.04 Å². The van der Waals surface area contributed by atoms with Gasteiger partial charge in [-0.1, -0.05) is 13.3 Å². The Hall–Kier alpha value is -0.570. The highest BCUT2D eigenvalue weighted by molar-refractivity contribution is 5.72. The van der Waals surface area contributed by atoms with Crippen molar-refractivity contribution in [3.05, 3.63) is 0 Å². The van der Waals surface area contributed by atoms with Crippen molar-refractivity contribution in [3.8, 4) is 0 Å². The van der Waals surface area contributed by atoms with Crippen molar-refractivity contribution < 1.29 is 12.6 Å². The molecule has 0 aromatic rings. The van der Waals surface area contributed by atoms with Crippen LogP contribution in [-0.2, 0) is 4.79 Å². The molecule has 0 bridgehead atoms. The average molecular weight is 119 g/mol. The molecule has 0 amide bonds. The first kappa shape index (κ1) is 4.32. The van der Waals surface area contributed by atoms with E-state index in [1.165, 1.54) is 6.92 Å². The molecule has 0 rings (SSSR count). The van der Waals surface area contributed by atoms with Crippen LogP contribution in [0, 0.1) is 0 Å². The summed E-state index contributed by atoms with van der Waals surface area (Å²) in [6, 6.07) is -1.10. The molecule has 0 fully saturated rings. The number of rotatable bonds is 3. The summed E-state index contributed by atoms with van der Waals surface area (Å²) in [4.78, 5) is 10.1. The van der Waals surface area contributed by atoms with Crippen LogP contribution in [0.25, 0.3) is 0 Å². The normalized spacial score (nSPS) is 18.8. The van der Waals surface area contributed by atoms with Crippen LogP contribution in [-0.4, -0.2) is 17.1 Å². The Labute approximate surface area is 51.3 Å². The van der Waals surface area contributed by atoms with Gasteiger partial charge in [-0.3, -0.25) is 4.79 Å². The van der Waals surface area contributed by atoms with Gasteiger partial charge < -0.3 is 10.8 Å². The van der Waals surface area contributed by atoms with Crippen LogP contribution in [0.15, 0.2) is 0 Å². The van der Waals surface area contributed by atoms with E-state index in [-0.39, 0.29) is 6.42 Å². The van der Waals surface area contributed by atoms with Crippen molar-refractivity contribution >= 4 is 5.97 Å². The van der Waals surface area contributed by atoms with E-state index in [1.54, 1.807) is 0 Å². The molecule has 8 heavy (non-hydrogen) atoms. The van der Waals surface area contributed by atoms with Gasteiger partial charge in [-0.2, -0.15) is 0 Å². The molecular formula is C5H11NO2. The SMILES string of the molecule is [2H]C([2H])(C)C[C@H](N)C(=O)O. The molecule has 3 N–H and O–H groups in total. The fourth-order valence-corrected chi connectivity index (χ4v) is 0.307. The molecule has 0 aliphatic carbocycles. The van der Waals surface area contributed by atoms with Crippen molar-refractivity contribution in [2.24, 2.45) is 5.73 Å². The first-order chi connectivity index (χ1) is 4.33. The third kappa shape index (κ3) is 2.58. The van der Waals surface area contributed by atoms with Crippen molar-refractivity contribution in [3.63, 3.8) is 0 Å². The predicted octanol–water partition coefficient (Wildman–Crippen LogP) is 0.198. The lowest BCUT2D eigenvalue weighted by Gasteiger charge is -2.00. The Morgan fingerprint density at radius 3 is 2.75 bits per heavy atom. The van der Waals surface area contributed by atoms with Crippen LogP contribution < -0.4 is 5.73 Å². The molecule has 0 aromatic heterocycles. The van der Waals surface area contributed by atoms with Gasteiger partial charge in [-0.25, -0.2) is 0 Å². The second kappa shape index (κ2) is 3.43. The zero-order valence-corrected chi connectivity index (χ0v) is 4.72. The third-order valence-electron chi connectivity index (χ3n) is 0.741. The summed E-state index contributed by atoms with van der Waals surface area (Å²) in [5.41, 5.74) is 5.06. The molecule has 0 aliphatic rings. The van der Waals surface area contributed by atoms with Crippen LogP contribution in [0.1, 0.15) is 22.5 Å². The predicted molar refractivity (Wildman–Crippen MR) is 30.5 cm³/mol. The first-order valence-corrected chi connectivity index (χ1v) is 2.31. The Bertz CT molecular complexity index is 132. The van der Waals surface area contributed by atoms with E-state index >= 15 is 0 Å². The van der Waals surface area contributed by atoms with Gasteiger partial charge in [-0.05, 0) is 6.42 Å². The molecule has 0 spiro atoms. The lowest BCUT2D eigenvalue weighted by molar-refractivity contribution is -0.138. The summed E-state index contributed by atoms with van der Waals surface area (Å²) in [6.45, 7) is 1.30. The van der Waals surface area contributed by atoms with E-state index in [1.807, 2.05) is 0 Å². The van der Waals surface area contributed by atoms with Crippen LogP contribution >= 0.6 is 0 Å². The molecule has 0 aliphatic heterocycles. The molecular weight excluding hydrogens is 106 g/mol. The zero-order chi connectivity index (χ0) is 8.36. The van der Waals surface area contributed by atoms with Gasteiger partial charge in [0, 0.05) is 2.74 Å². The molecule has 0 aromatic carbocycles. The third-order valence-corrected chi connectivity index (χ3v) is 0.741. The number of carboxylic acid groups (broad SMARTS) is 1. The molecule has 1 atom stereocenters. The van der Waals surface area contributed by atoms with Crippen molar-refractivity contribution in [1.29, 1.82) is 0 Å². The second-order valence-electron chi connectivity index (χ2n) is 1.50. The minimum atomic E-state index is -1.50. The van der Waals surface area contributed by atoms with Gasteiger partial charge in [0.15, 0.2) is 0 Å². The summed E-state index contributed by atoms with van der Waals surface area (Å²) in [7, 11) is 0. The van der Waals surface area contributed by atoms with Crippen molar-refractivity contribution in [2.45, 2.75) is 25.8 Å². The Kier molecular flexibility index (Phi) is 1.86. The minimum absolute atomic E-state index is 0.150. The van der Waals surface area contributed by atoms with Gasteiger partial charge in [0.2, 0.25) is 0 Å². The van der Waals surface area contributed by atoms with Crippen LogP contribution in [0.4, 0.5) is 0 Å². The first-order valence-electron chi connectivity index (χ1n) is 3.31. The quantitative estimate of drug-likeness (QED) is 0.557.